The number of amides is 1. The molecule has 21 heavy (non-hydrogen) atoms. The Balaban J connectivity index is 2.65. The molecule has 1 rings (SSSR count). The first kappa shape index (κ1) is 17.7. The Bertz CT molecular complexity index is 468. The summed E-state index contributed by atoms with van der Waals surface area (Å²) in [6, 6.07) is 5.59. The third-order valence-electron chi connectivity index (χ3n) is 3.35. The van der Waals surface area contributed by atoms with E-state index in [4.69, 9.17) is 10.5 Å². The van der Waals surface area contributed by atoms with E-state index in [-0.39, 0.29) is 5.91 Å². The summed E-state index contributed by atoms with van der Waals surface area (Å²) in [7, 11) is 3.53. The van der Waals surface area contributed by atoms with Gasteiger partial charge in [0.25, 0.3) is 0 Å². The number of anilines is 2. The minimum atomic E-state index is -0.0554. The molecule has 0 spiro atoms. The van der Waals surface area contributed by atoms with Crippen LogP contribution in [-0.2, 0) is 4.79 Å². The van der Waals surface area contributed by atoms with Crippen molar-refractivity contribution in [3.8, 4) is 5.75 Å². The van der Waals surface area contributed by atoms with Crippen LogP contribution in [0.2, 0.25) is 0 Å². The number of thioether (sulfide) groups is 1. The summed E-state index contributed by atoms with van der Waals surface area (Å²) in [5.41, 5.74) is 6.95. The first-order chi connectivity index (χ1) is 10.0. The smallest absolute Gasteiger partial charge is 0.238 e. The fourth-order valence-electron chi connectivity index (χ4n) is 2.11. The van der Waals surface area contributed by atoms with Crippen molar-refractivity contribution in [1.82, 2.24) is 4.90 Å². The minimum absolute atomic E-state index is 0.0554. The molecular weight excluding hydrogens is 286 g/mol. The fraction of sp³-hybridized carbons (Fsp3) is 0.533. The lowest BCUT2D eigenvalue weighted by Crippen LogP contribution is -2.39. The molecule has 0 aliphatic carbocycles. The highest BCUT2D eigenvalue weighted by Gasteiger charge is 2.16. The third kappa shape index (κ3) is 5.47. The van der Waals surface area contributed by atoms with E-state index in [0.717, 1.165) is 12.2 Å². The molecule has 0 saturated heterocycles. The number of carbonyl (C=O) groups is 1. The number of ether oxygens (including phenoxy) is 1. The Morgan fingerprint density at radius 1 is 1.52 bits per heavy atom. The molecule has 3 N–H and O–H groups in total. The molecule has 1 aromatic rings. The second-order valence-electron chi connectivity index (χ2n) is 4.94. The summed E-state index contributed by atoms with van der Waals surface area (Å²) in [4.78, 5) is 14.2. The van der Waals surface area contributed by atoms with Gasteiger partial charge in [0.2, 0.25) is 5.91 Å². The molecule has 6 heteroatoms. The van der Waals surface area contributed by atoms with Gasteiger partial charge in [-0.1, -0.05) is 6.92 Å². The van der Waals surface area contributed by atoms with Gasteiger partial charge in [-0.3, -0.25) is 9.69 Å². The SMILES string of the molecule is CCC(CSC)N(C)CC(=O)Nc1ccc(N)cc1OC. The second kappa shape index (κ2) is 8.79. The van der Waals surface area contributed by atoms with Gasteiger partial charge in [-0.2, -0.15) is 11.8 Å². The van der Waals surface area contributed by atoms with Gasteiger partial charge in [0.1, 0.15) is 5.75 Å². The first-order valence-electron chi connectivity index (χ1n) is 6.94. The van der Waals surface area contributed by atoms with E-state index in [9.17, 15) is 4.79 Å². The number of benzene rings is 1. The van der Waals surface area contributed by atoms with Crippen molar-refractivity contribution in [2.45, 2.75) is 19.4 Å². The number of methoxy groups -OCH3 is 1. The van der Waals surface area contributed by atoms with Gasteiger partial charge < -0.3 is 15.8 Å². The van der Waals surface area contributed by atoms with Crippen molar-refractivity contribution in [2.24, 2.45) is 0 Å². The molecular formula is C15H25N3O2S. The number of carbonyl (C=O) groups excluding carboxylic acids is 1. The van der Waals surface area contributed by atoms with Crippen LogP contribution in [0.4, 0.5) is 11.4 Å². The number of nitrogens with two attached hydrogens (primary N) is 1. The van der Waals surface area contributed by atoms with E-state index < -0.39 is 0 Å². The Hall–Kier alpha value is -1.40. The Labute approximate surface area is 131 Å². The van der Waals surface area contributed by atoms with Gasteiger partial charge in [0.05, 0.1) is 19.3 Å². The summed E-state index contributed by atoms with van der Waals surface area (Å²) >= 11 is 1.79. The monoisotopic (exact) mass is 311 g/mol. The van der Waals surface area contributed by atoms with E-state index >= 15 is 0 Å². The standard InChI is InChI=1S/C15H25N3O2S/c1-5-12(10-21-4)18(2)9-15(19)17-13-7-6-11(16)8-14(13)20-3/h6-8,12H,5,9-10,16H2,1-4H3,(H,17,19). The Morgan fingerprint density at radius 3 is 2.81 bits per heavy atom. The van der Waals surface area contributed by atoms with Crippen LogP contribution < -0.4 is 15.8 Å². The molecule has 0 aliphatic heterocycles. The lowest BCUT2D eigenvalue weighted by atomic mass is 10.2. The van der Waals surface area contributed by atoms with E-state index in [1.807, 2.05) is 7.05 Å². The first-order valence-corrected chi connectivity index (χ1v) is 8.33. The highest BCUT2D eigenvalue weighted by atomic mass is 32.2. The van der Waals surface area contributed by atoms with Crippen LogP contribution in [0, 0.1) is 0 Å². The minimum Gasteiger partial charge on any atom is -0.494 e. The van der Waals surface area contributed by atoms with Crippen LogP contribution in [0.5, 0.6) is 5.75 Å². The molecule has 0 saturated carbocycles. The molecule has 5 nitrogen and oxygen atoms in total. The van der Waals surface area contributed by atoms with Crippen LogP contribution >= 0.6 is 11.8 Å². The van der Waals surface area contributed by atoms with Crippen LogP contribution in [0.3, 0.4) is 0 Å². The maximum Gasteiger partial charge on any atom is 0.238 e. The maximum absolute atomic E-state index is 12.2. The number of nitrogens with zero attached hydrogens (tertiary/aromatic N) is 1. The zero-order valence-electron chi connectivity index (χ0n) is 13.2. The number of hydrogen-bond donors (Lipinski definition) is 2. The predicted octanol–water partition coefficient (Wildman–Crippen LogP) is 2.29. The quantitative estimate of drug-likeness (QED) is 0.721. The number of nitrogen functional groups attached to an aromatic ring is 1. The normalized spacial score (nSPS) is 12.2. The number of rotatable bonds is 8. The summed E-state index contributed by atoms with van der Waals surface area (Å²) in [5, 5.41) is 2.87. The highest BCUT2D eigenvalue weighted by Crippen LogP contribution is 2.26. The van der Waals surface area contributed by atoms with Crippen molar-refractivity contribution in [1.29, 1.82) is 0 Å². The van der Waals surface area contributed by atoms with Gasteiger partial charge in [0, 0.05) is 23.5 Å². The zero-order chi connectivity index (χ0) is 15.8. The van der Waals surface area contributed by atoms with Gasteiger partial charge in [-0.15, -0.1) is 0 Å². The molecule has 0 aliphatic rings. The van der Waals surface area contributed by atoms with E-state index in [0.29, 0.717) is 29.7 Å². The largest absolute Gasteiger partial charge is 0.494 e. The van der Waals surface area contributed by atoms with E-state index in [1.54, 1.807) is 37.1 Å². The molecule has 0 aromatic heterocycles. The van der Waals surface area contributed by atoms with Crippen LogP contribution in [0.25, 0.3) is 0 Å². The van der Waals surface area contributed by atoms with Crippen molar-refractivity contribution < 1.29 is 9.53 Å². The fourth-order valence-corrected chi connectivity index (χ4v) is 2.98. The summed E-state index contributed by atoms with van der Waals surface area (Å²) in [6.07, 6.45) is 3.10. The third-order valence-corrected chi connectivity index (χ3v) is 4.06. The van der Waals surface area contributed by atoms with Crippen molar-refractivity contribution in [3.05, 3.63) is 18.2 Å². The van der Waals surface area contributed by atoms with Gasteiger partial charge in [-0.25, -0.2) is 0 Å². The van der Waals surface area contributed by atoms with Crippen LogP contribution in [0.15, 0.2) is 18.2 Å². The Morgan fingerprint density at radius 2 is 2.24 bits per heavy atom. The van der Waals surface area contributed by atoms with E-state index in [2.05, 4.69) is 23.4 Å². The summed E-state index contributed by atoms with van der Waals surface area (Å²) in [6.45, 7) is 2.49. The predicted molar refractivity (Wildman–Crippen MR) is 91.1 cm³/mol. The number of nitrogens with one attached hydrogen (secondary N) is 1. The van der Waals surface area contributed by atoms with Crippen molar-refractivity contribution >= 4 is 29.0 Å². The molecule has 0 radical (unpaired) electrons. The second-order valence-corrected chi connectivity index (χ2v) is 5.85. The molecule has 0 bridgehead atoms. The molecule has 1 atom stereocenters. The van der Waals surface area contributed by atoms with Gasteiger partial charge in [-0.05, 0) is 31.9 Å². The summed E-state index contributed by atoms with van der Waals surface area (Å²) < 4.78 is 5.23. The summed E-state index contributed by atoms with van der Waals surface area (Å²) in [5.74, 6) is 1.54. The van der Waals surface area contributed by atoms with Gasteiger partial charge in [0.15, 0.2) is 0 Å². The lowest BCUT2D eigenvalue weighted by molar-refractivity contribution is -0.117. The lowest BCUT2D eigenvalue weighted by Gasteiger charge is -2.26. The molecule has 1 unspecified atom stereocenters. The zero-order valence-corrected chi connectivity index (χ0v) is 14.0. The highest BCUT2D eigenvalue weighted by molar-refractivity contribution is 7.98. The maximum atomic E-state index is 12.2. The average molecular weight is 311 g/mol. The average Bonchev–Trinajstić information content (AvgIpc) is 2.46. The molecule has 0 heterocycles. The van der Waals surface area contributed by atoms with E-state index in [1.165, 1.54) is 0 Å². The van der Waals surface area contributed by atoms with Crippen LogP contribution in [-0.4, -0.2) is 49.6 Å². The number of likely N-dealkylation sites (N-methyl/N-ethyl adjacent to an activating group) is 1. The molecule has 118 valence electrons. The van der Waals surface area contributed by atoms with Gasteiger partial charge >= 0.3 is 0 Å². The molecule has 1 amide bonds. The number of hydrogen-bond acceptors (Lipinski definition) is 5. The van der Waals surface area contributed by atoms with Crippen molar-refractivity contribution in [3.63, 3.8) is 0 Å². The van der Waals surface area contributed by atoms with Crippen LogP contribution in [0.1, 0.15) is 13.3 Å². The Kier molecular flexibility index (Phi) is 7.39. The molecule has 0 fully saturated rings. The van der Waals surface area contributed by atoms with Crippen molar-refractivity contribution in [2.75, 3.05) is 43.8 Å². The molecule has 1 aromatic carbocycles. The topological polar surface area (TPSA) is 67.6 Å².